The summed E-state index contributed by atoms with van der Waals surface area (Å²) < 4.78 is 45.0. The fourth-order valence-corrected chi connectivity index (χ4v) is 4.21. The minimum Gasteiger partial charge on any atom is -0.481 e. The molecule has 1 aromatic carbocycles. The number of carboxylic acids is 1. The highest BCUT2D eigenvalue weighted by molar-refractivity contribution is 7.89. The molecule has 0 aliphatic carbocycles. The largest absolute Gasteiger partial charge is 0.481 e. The number of aromatic amines is 1. The van der Waals surface area contributed by atoms with Crippen molar-refractivity contribution >= 4 is 27.1 Å². The van der Waals surface area contributed by atoms with Gasteiger partial charge in [-0.3, -0.25) is 9.78 Å². The molecule has 0 amide bonds. The Bertz CT molecular complexity index is 962. The Balaban J connectivity index is 2.05. The first kappa shape index (κ1) is 15.7. The quantitative estimate of drug-likeness (QED) is 0.847. The molecule has 2 aromatic rings. The van der Waals surface area contributed by atoms with E-state index in [-0.39, 0.29) is 30.6 Å². The Kier molecular flexibility index (Phi) is 3.34. The molecule has 1 saturated heterocycles. The van der Waals surface area contributed by atoms with Gasteiger partial charge in [-0.15, -0.1) is 0 Å². The highest BCUT2D eigenvalue weighted by Crippen LogP contribution is 2.34. The number of aromatic nitrogens is 1. The molecule has 23 heavy (non-hydrogen) atoms. The van der Waals surface area contributed by atoms with Crippen LogP contribution >= 0.6 is 0 Å². The van der Waals surface area contributed by atoms with E-state index < -0.39 is 37.9 Å². The zero-order valence-electron chi connectivity index (χ0n) is 12.0. The first-order valence-electron chi connectivity index (χ1n) is 6.69. The van der Waals surface area contributed by atoms with Crippen LogP contribution in [0.5, 0.6) is 0 Å². The molecule has 10 heteroatoms. The summed E-state index contributed by atoms with van der Waals surface area (Å²) in [4.78, 5) is 23.9. The molecular formula is C13H13FN2O6S. The molecule has 0 radical (unpaired) electrons. The summed E-state index contributed by atoms with van der Waals surface area (Å²) in [5, 5.41) is 9.18. The molecule has 8 nitrogen and oxygen atoms in total. The van der Waals surface area contributed by atoms with Crippen molar-refractivity contribution in [2.75, 3.05) is 13.1 Å². The van der Waals surface area contributed by atoms with Gasteiger partial charge in [-0.1, -0.05) is 0 Å². The van der Waals surface area contributed by atoms with Crippen LogP contribution in [0.15, 0.2) is 26.2 Å². The summed E-state index contributed by atoms with van der Waals surface area (Å²) in [6, 6.07) is 1.79. The van der Waals surface area contributed by atoms with E-state index in [0.29, 0.717) is 0 Å². The molecule has 0 saturated carbocycles. The fourth-order valence-electron chi connectivity index (χ4n) is 2.59. The monoisotopic (exact) mass is 344 g/mol. The maximum atomic E-state index is 14.1. The lowest BCUT2D eigenvalue weighted by Gasteiger charge is -2.20. The zero-order valence-corrected chi connectivity index (χ0v) is 12.8. The van der Waals surface area contributed by atoms with Crippen molar-refractivity contribution in [1.29, 1.82) is 0 Å². The predicted molar refractivity (Wildman–Crippen MR) is 75.9 cm³/mol. The van der Waals surface area contributed by atoms with Crippen molar-refractivity contribution in [3.05, 3.63) is 28.5 Å². The van der Waals surface area contributed by atoms with Crippen LogP contribution in [0.25, 0.3) is 11.1 Å². The minimum atomic E-state index is -4.24. The number of benzene rings is 1. The van der Waals surface area contributed by atoms with Gasteiger partial charge >= 0.3 is 11.7 Å². The van der Waals surface area contributed by atoms with Crippen LogP contribution in [0.1, 0.15) is 13.3 Å². The third kappa shape index (κ3) is 2.43. The number of fused-ring (bicyclic) bond motifs is 1. The van der Waals surface area contributed by atoms with Crippen LogP contribution in [0.2, 0.25) is 0 Å². The van der Waals surface area contributed by atoms with Crippen LogP contribution < -0.4 is 5.76 Å². The summed E-state index contributed by atoms with van der Waals surface area (Å²) in [7, 11) is -4.24. The number of carbonyl (C=O) groups is 1. The van der Waals surface area contributed by atoms with E-state index in [9.17, 15) is 27.5 Å². The van der Waals surface area contributed by atoms with Crippen LogP contribution in [-0.2, 0) is 14.8 Å². The van der Waals surface area contributed by atoms with Gasteiger partial charge in [-0.25, -0.2) is 17.6 Å². The zero-order chi connectivity index (χ0) is 17.0. The molecule has 1 aliphatic heterocycles. The van der Waals surface area contributed by atoms with Crippen LogP contribution in [0.3, 0.4) is 0 Å². The van der Waals surface area contributed by atoms with Crippen LogP contribution in [0, 0.1) is 11.2 Å². The van der Waals surface area contributed by atoms with Crippen molar-refractivity contribution in [2.45, 2.75) is 18.2 Å². The Morgan fingerprint density at radius 1 is 1.48 bits per heavy atom. The number of halogens is 1. The Morgan fingerprint density at radius 2 is 2.17 bits per heavy atom. The van der Waals surface area contributed by atoms with E-state index in [1.807, 2.05) is 0 Å². The van der Waals surface area contributed by atoms with Crippen molar-refractivity contribution in [2.24, 2.45) is 5.41 Å². The second-order valence-corrected chi connectivity index (χ2v) is 7.65. The Hall–Kier alpha value is -2.20. The number of nitrogens with zero attached hydrogens (tertiary/aromatic N) is 1. The molecule has 1 aliphatic rings. The normalized spacial score (nSPS) is 22.7. The molecule has 0 bridgehead atoms. The van der Waals surface area contributed by atoms with Gasteiger partial charge in [-0.05, 0) is 13.3 Å². The van der Waals surface area contributed by atoms with E-state index in [1.54, 1.807) is 0 Å². The molecule has 1 aromatic heterocycles. The van der Waals surface area contributed by atoms with E-state index in [0.717, 1.165) is 16.4 Å². The molecular weight excluding hydrogens is 331 g/mol. The summed E-state index contributed by atoms with van der Waals surface area (Å²) in [5.74, 6) is -2.98. The van der Waals surface area contributed by atoms with Crippen LogP contribution in [-0.4, -0.2) is 41.9 Å². The number of sulfonamides is 1. The molecule has 1 fully saturated rings. The topological polar surface area (TPSA) is 121 Å². The SMILES string of the molecule is CC1(C(=O)O)CCN(S(=O)(=O)c2cc3oc(=O)[nH]c3cc2F)C1. The summed E-state index contributed by atoms with van der Waals surface area (Å²) >= 11 is 0. The summed E-state index contributed by atoms with van der Waals surface area (Å²) in [6.07, 6.45) is 0.130. The summed E-state index contributed by atoms with van der Waals surface area (Å²) in [6.45, 7) is 1.16. The number of carboxylic acid groups (broad SMARTS) is 1. The van der Waals surface area contributed by atoms with Gasteiger partial charge in [0.1, 0.15) is 10.7 Å². The first-order chi connectivity index (χ1) is 10.6. The Labute approximate surface area is 129 Å². The fraction of sp³-hybridized carbons (Fsp3) is 0.385. The molecule has 2 heterocycles. The maximum absolute atomic E-state index is 14.1. The van der Waals surface area contributed by atoms with E-state index >= 15 is 0 Å². The van der Waals surface area contributed by atoms with Crippen molar-refractivity contribution in [3.8, 4) is 0 Å². The number of oxazole rings is 1. The maximum Gasteiger partial charge on any atom is 0.417 e. The van der Waals surface area contributed by atoms with E-state index in [2.05, 4.69) is 4.98 Å². The van der Waals surface area contributed by atoms with E-state index in [1.165, 1.54) is 6.92 Å². The minimum absolute atomic E-state index is 0.0281. The smallest absolute Gasteiger partial charge is 0.417 e. The lowest BCUT2D eigenvalue weighted by molar-refractivity contribution is -0.146. The van der Waals surface area contributed by atoms with Crippen LogP contribution in [0.4, 0.5) is 4.39 Å². The second-order valence-electron chi connectivity index (χ2n) is 5.75. The number of hydrogen-bond acceptors (Lipinski definition) is 5. The molecule has 2 N–H and O–H groups in total. The lowest BCUT2D eigenvalue weighted by atomic mass is 9.90. The number of hydrogen-bond donors (Lipinski definition) is 2. The van der Waals surface area contributed by atoms with Gasteiger partial charge in [0.2, 0.25) is 10.0 Å². The van der Waals surface area contributed by atoms with Gasteiger partial charge < -0.3 is 9.52 Å². The number of H-pyrrole nitrogens is 1. The van der Waals surface area contributed by atoms with Gasteiger partial charge in [0.15, 0.2) is 5.58 Å². The van der Waals surface area contributed by atoms with Crippen molar-refractivity contribution < 1.29 is 27.1 Å². The van der Waals surface area contributed by atoms with E-state index in [4.69, 9.17) is 4.42 Å². The van der Waals surface area contributed by atoms with Crippen molar-refractivity contribution in [1.82, 2.24) is 9.29 Å². The first-order valence-corrected chi connectivity index (χ1v) is 8.13. The lowest BCUT2D eigenvalue weighted by Crippen LogP contribution is -2.35. The molecule has 1 unspecified atom stereocenters. The third-order valence-electron chi connectivity index (χ3n) is 4.05. The number of rotatable bonds is 3. The highest BCUT2D eigenvalue weighted by atomic mass is 32.2. The molecule has 1 atom stereocenters. The van der Waals surface area contributed by atoms with Gasteiger partial charge in [0, 0.05) is 25.2 Å². The van der Waals surface area contributed by atoms with Crippen molar-refractivity contribution in [3.63, 3.8) is 0 Å². The average molecular weight is 344 g/mol. The molecule has 3 rings (SSSR count). The third-order valence-corrected chi connectivity index (χ3v) is 5.91. The van der Waals surface area contributed by atoms with Gasteiger partial charge in [0.25, 0.3) is 0 Å². The standard InChI is InChI=1S/C13H13FN2O6S/c1-13(11(17)18)2-3-16(6-13)23(20,21)10-5-9-8(4-7(10)14)15-12(19)22-9/h4-5H,2-3,6H2,1H3,(H,15,19)(H,17,18). The number of aliphatic carboxylic acids is 1. The molecule has 0 spiro atoms. The number of nitrogens with one attached hydrogen (secondary N) is 1. The molecule has 124 valence electrons. The second kappa shape index (κ2) is 4.90. The summed E-state index contributed by atoms with van der Waals surface area (Å²) in [5.41, 5.74) is -1.26. The average Bonchev–Trinajstić information content (AvgIpc) is 3.01. The predicted octanol–water partition coefficient (Wildman–Crippen LogP) is 0.745. The van der Waals surface area contributed by atoms with Gasteiger partial charge in [-0.2, -0.15) is 4.31 Å². The Morgan fingerprint density at radius 3 is 2.78 bits per heavy atom. The van der Waals surface area contributed by atoms with Gasteiger partial charge in [0.05, 0.1) is 10.9 Å². The highest BCUT2D eigenvalue weighted by Gasteiger charge is 2.45.